The molecule has 28 heavy (non-hydrogen) atoms. The number of hydrogen-bond acceptors (Lipinski definition) is 4. The van der Waals surface area contributed by atoms with Crippen LogP contribution in [0.2, 0.25) is 0 Å². The van der Waals surface area contributed by atoms with Crippen molar-refractivity contribution in [2.24, 2.45) is 5.92 Å². The fourth-order valence-electron chi connectivity index (χ4n) is 3.77. The number of nitrogens with one attached hydrogen (secondary N) is 1. The Labute approximate surface area is 170 Å². The lowest BCUT2D eigenvalue weighted by Gasteiger charge is -2.32. The summed E-state index contributed by atoms with van der Waals surface area (Å²) in [4.78, 5) is 31.4. The summed E-state index contributed by atoms with van der Waals surface area (Å²) in [7, 11) is 0. The number of aryl methyl sites for hydroxylation is 1. The molecule has 5 nitrogen and oxygen atoms in total. The lowest BCUT2D eigenvalue weighted by Crippen LogP contribution is -2.39. The second-order valence-corrected chi connectivity index (χ2v) is 8.79. The van der Waals surface area contributed by atoms with E-state index in [0.29, 0.717) is 12.5 Å². The SMILES string of the molecule is Cc1ccccc1C(=O)N1CCCC(c2nc(CCNC(=O)C3CC3)cs2)C1. The molecule has 1 saturated carbocycles. The molecule has 1 aromatic heterocycles. The maximum Gasteiger partial charge on any atom is 0.254 e. The van der Waals surface area contributed by atoms with E-state index in [4.69, 9.17) is 4.98 Å². The largest absolute Gasteiger partial charge is 0.355 e. The van der Waals surface area contributed by atoms with E-state index in [9.17, 15) is 9.59 Å². The van der Waals surface area contributed by atoms with Gasteiger partial charge in [0.15, 0.2) is 0 Å². The van der Waals surface area contributed by atoms with Gasteiger partial charge in [-0.15, -0.1) is 11.3 Å². The maximum absolute atomic E-state index is 12.9. The first-order valence-electron chi connectivity index (χ1n) is 10.2. The normalized spacial score (nSPS) is 19.5. The third-order valence-corrected chi connectivity index (χ3v) is 6.69. The highest BCUT2D eigenvalue weighted by Crippen LogP contribution is 2.31. The van der Waals surface area contributed by atoms with Crippen LogP contribution in [-0.4, -0.2) is 41.3 Å². The van der Waals surface area contributed by atoms with Crippen LogP contribution in [0.4, 0.5) is 0 Å². The molecule has 1 aliphatic carbocycles. The van der Waals surface area contributed by atoms with Crippen LogP contribution >= 0.6 is 11.3 Å². The second-order valence-electron chi connectivity index (χ2n) is 7.90. The number of aromatic nitrogens is 1. The molecular formula is C22H27N3O2S. The van der Waals surface area contributed by atoms with Crippen molar-refractivity contribution >= 4 is 23.2 Å². The second kappa shape index (κ2) is 8.43. The Kier molecular flexibility index (Phi) is 5.76. The van der Waals surface area contributed by atoms with Gasteiger partial charge in [-0.05, 0) is 44.2 Å². The van der Waals surface area contributed by atoms with Crippen molar-refractivity contribution < 1.29 is 9.59 Å². The maximum atomic E-state index is 12.9. The van der Waals surface area contributed by atoms with E-state index < -0.39 is 0 Å². The van der Waals surface area contributed by atoms with Crippen LogP contribution < -0.4 is 5.32 Å². The number of amides is 2. The summed E-state index contributed by atoms with van der Waals surface area (Å²) in [5.41, 5.74) is 2.87. The smallest absolute Gasteiger partial charge is 0.254 e. The van der Waals surface area contributed by atoms with Gasteiger partial charge in [0.05, 0.1) is 10.7 Å². The third-order valence-electron chi connectivity index (χ3n) is 5.63. The molecule has 1 aliphatic heterocycles. The van der Waals surface area contributed by atoms with Crippen molar-refractivity contribution in [3.05, 3.63) is 51.5 Å². The molecule has 2 fully saturated rings. The molecular weight excluding hydrogens is 370 g/mol. The van der Waals surface area contributed by atoms with Crippen LogP contribution in [0.3, 0.4) is 0 Å². The van der Waals surface area contributed by atoms with Crippen LogP contribution in [0.25, 0.3) is 0 Å². The summed E-state index contributed by atoms with van der Waals surface area (Å²) in [6.45, 7) is 4.19. The van der Waals surface area contributed by atoms with E-state index >= 15 is 0 Å². The Morgan fingerprint density at radius 3 is 2.86 bits per heavy atom. The molecule has 2 heterocycles. The minimum atomic E-state index is 0.127. The van der Waals surface area contributed by atoms with E-state index in [1.807, 2.05) is 36.1 Å². The van der Waals surface area contributed by atoms with Gasteiger partial charge in [-0.25, -0.2) is 4.98 Å². The van der Waals surface area contributed by atoms with Gasteiger partial charge >= 0.3 is 0 Å². The number of likely N-dealkylation sites (tertiary alicyclic amines) is 1. The molecule has 1 saturated heterocycles. The summed E-state index contributed by atoms with van der Waals surface area (Å²) >= 11 is 1.68. The first-order valence-corrected chi connectivity index (χ1v) is 11.1. The highest BCUT2D eigenvalue weighted by atomic mass is 32.1. The first-order chi connectivity index (χ1) is 13.6. The molecule has 148 valence electrons. The standard InChI is InChI=1S/C22H27N3O2S/c1-15-5-2-3-7-19(15)22(27)25-12-4-6-17(13-25)21-24-18(14-28-21)10-11-23-20(26)16-8-9-16/h2-3,5,7,14,16-17H,4,6,8-13H2,1H3,(H,23,26). The lowest BCUT2D eigenvalue weighted by molar-refractivity contribution is -0.122. The van der Waals surface area contributed by atoms with E-state index in [1.165, 1.54) is 0 Å². The van der Waals surface area contributed by atoms with Crippen LogP contribution in [0.5, 0.6) is 0 Å². The molecule has 1 unspecified atom stereocenters. The molecule has 1 aromatic carbocycles. The Morgan fingerprint density at radius 2 is 2.07 bits per heavy atom. The van der Waals surface area contributed by atoms with Gasteiger partial charge in [0.1, 0.15) is 0 Å². The Morgan fingerprint density at radius 1 is 1.25 bits per heavy atom. The fraction of sp³-hybridized carbons (Fsp3) is 0.500. The zero-order chi connectivity index (χ0) is 19.5. The van der Waals surface area contributed by atoms with Crippen LogP contribution in [0.15, 0.2) is 29.6 Å². The molecule has 2 aromatic rings. The van der Waals surface area contributed by atoms with E-state index in [0.717, 1.165) is 67.0 Å². The van der Waals surface area contributed by atoms with Gasteiger partial charge in [0, 0.05) is 48.8 Å². The van der Waals surface area contributed by atoms with Crippen molar-refractivity contribution in [3.8, 4) is 0 Å². The summed E-state index contributed by atoms with van der Waals surface area (Å²) in [5.74, 6) is 0.877. The molecule has 1 N–H and O–H groups in total. The van der Waals surface area contributed by atoms with Crippen molar-refractivity contribution in [1.82, 2.24) is 15.2 Å². The summed E-state index contributed by atoms with van der Waals surface area (Å²) in [5, 5.41) is 6.21. The molecule has 2 aliphatic rings. The zero-order valence-electron chi connectivity index (χ0n) is 16.3. The Bertz CT molecular complexity index is 859. The highest BCUT2D eigenvalue weighted by Gasteiger charge is 2.29. The molecule has 4 rings (SSSR count). The first kappa shape index (κ1) is 19.1. The Hall–Kier alpha value is -2.21. The van der Waals surface area contributed by atoms with Gasteiger partial charge in [0.25, 0.3) is 5.91 Å². The molecule has 2 amide bonds. The number of carbonyl (C=O) groups excluding carboxylic acids is 2. The number of thiazole rings is 1. The van der Waals surface area contributed by atoms with E-state index in [1.54, 1.807) is 11.3 Å². The van der Waals surface area contributed by atoms with Gasteiger partial charge in [0.2, 0.25) is 5.91 Å². The fourth-order valence-corrected chi connectivity index (χ4v) is 4.76. The average molecular weight is 398 g/mol. The molecule has 0 radical (unpaired) electrons. The monoisotopic (exact) mass is 397 g/mol. The van der Waals surface area contributed by atoms with Gasteiger partial charge in [-0.3, -0.25) is 9.59 Å². The van der Waals surface area contributed by atoms with Crippen LogP contribution in [0, 0.1) is 12.8 Å². The Balaban J connectivity index is 1.34. The summed E-state index contributed by atoms with van der Waals surface area (Å²) < 4.78 is 0. The lowest BCUT2D eigenvalue weighted by atomic mass is 9.97. The minimum Gasteiger partial charge on any atom is -0.355 e. The molecule has 0 bridgehead atoms. The summed E-state index contributed by atoms with van der Waals surface area (Å²) in [6, 6.07) is 7.80. The molecule has 0 spiro atoms. The molecule has 1 atom stereocenters. The van der Waals surface area contributed by atoms with Crippen molar-refractivity contribution in [2.75, 3.05) is 19.6 Å². The molecule has 6 heteroatoms. The number of rotatable bonds is 6. The minimum absolute atomic E-state index is 0.127. The average Bonchev–Trinajstić information content (AvgIpc) is 3.47. The third kappa shape index (κ3) is 4.43. The van der Waals surface area contributed by atoms with Gasteiger partial charge in [-0.2, -0.15) is 0 Å². The topological polar surface area (TPSA) is 62.3 Å². The van der Waals surface area contributed by atoms with E-state index in [2.05, 4.69) is 10.7 Å². The highest BCUT2D eigenvalue weighted by molar-refractivity contribution is 7.09. The number of piperidine rings is 1. The number of benzene rings is 1. The van der Waals surface area contributed by atoms with Gasteiger partial charge < -0.3 is 10.2 Å². The van der Waals surface area contributed by atoms with Crippen LogP contribution in [-0.2, 0) is 11.2 Å². The summed E-state index contributed by atoms with van der Waals surface area (Å²) in [6.07, 6.45) is 4.92. The number of nitrogens with zero attached hydrogens (tertiary/aromatic N) is 2. The van der Waals surface area contributed by atoms with Crippen molar-refractivity contribution in [2.45, 2.75) is 44.9 Å². The van der Waals surface area contributed by atoms with Crippen molar-refractivity contribution in [1.29, 1.82) is 0 Å². The predicted molar refractivity (Wildman–Crippen MR) is 111 cm³/mol. The number of carbonyl (C=O) groups is 2. The van der Waals surface area contributed by atoms with E-state index in [-0.39, 0.29) is 17.7 Å². The zero-order valence-corrected chi connectivity index (χ0v) is 17.1. The van der Waals surface area contributed by atoms with Crippen molar-refractivity contribution in [3.63, 3.8) is 0 Å². The van der Waals surface area contributed by atoms with Crippen LogP contribution in [0.1, 0.15) is 58.2 Å². The predicted octanol–water partition coefficient (Wildman–Crippen LogP) is 3.54. The van der Waals surface area contributed by atoms with Gasteiger partial charge in [-0.1, -0.05) is 18.2 Å². The quantitative estimate of drug-likeness (QED) is 0.811. The number of hydrogen-bond donors (Lipinski definition) is 1.